The number of carbonyl (C=O) groups excluding carboxylic acids is 2. The molecule has 0 aliphatic heterocycles. The molecule has 3 aromatic rings. The van der Waals surface area contributed by atoms with Gasteiger partial charge in [-0.25, -0.2) is 4.79 Å². The maximum absolute atomic E-state index is 12.5. The van der Waals surface area contributed by atoms with Crippen LogP contribution in [0.25, 0.3) is 10.9 Å². The number of aromatic nitrogens is 2. The third kappa shape index (κ3) is 3.13. The van der Waals surface area contributed by atoms with Gasteiger partial charge in [0, 0.05) is 23.8 Å². The Morgan fingerprint density at radius 3 is 2.57 bits per heavy atom. The van der Waals surface area contributed by atoms with Crippen LogP contribution in [-0.4, -0.2) is 29.2 Å². The highest BCUT2D eigenvalue weighted by atomic mass is 16.2. The number of hydrogen-bond donors (Lipinski definition) is 4. The lowest BCUT2D eigenvalue weighted by Gasteiger charge is -2.09. The van der Waals surface area contributed by atoms with Crippen LogP contribution >= 0.6 is 0 Å². The number of amides is 3. The summed E-state index contributed by atoms with van der Waals surface area (Å²) >= 11 is 0. The van der Waals surface area contributed by atoms with Gasteiger partial charge in [-0.3, -0.25) is 9.89 Å². The predicted molar refractivity (Wildman–Crippen MR) is 88.6 cm³/mol. The van der Waals surface area contributed by atoms with E-state index in [4.69, 9.17) is 0 Å². The molecule has 0 saturated heterocycles. The number of nitrogens with zero attached hydrogens (tertiary/aromatic N) is 1. The summed E-state index contributed by atoms with van der Waals surface area (Å²) in [6.45, 7) is 0. The maximum atomic E-state index is 12.5. The summed E-state index contributed by atoms with van der Waals surface area (Å²) in [4.78, 5) is 23.8. The summed E-state index contributed by atoms with van der Waals surface area (Å²) in [7, 11) is 1.53. The maximum Gasteiger partial charge on any atom is 0.318 e. The van der Waals surface area contributed by atoms with Gasteiger partial charge in [-0.15, -0.1) is 0 Å². The molecule has 3 rings (SSSR count). The number of fused-ring (bicyclic) bond motifs is 1. The minimum atomic E-state index is -0.323. The van der Waals surface area contributed by atoms with Gasteiger partial charge in [-0.1, -0.05) is 18.2 Å². The Morgan fingerprint density at radius 2 is 1.78 bits per heavy atom. The van der Waals surface area contributed by atoms with Gasteiger partial charge in [-0.2, -0.15) is 5.10 Å². The number of aromatic amines is 1. The molecular weight excluding hydrogens is 294 g/mol. The third-order valence-electron chi connectivity index (χ3n) is 3.33. The Balaban J connectivity index is 1.81. The second kappa shape index (κ2) is 6.18. The van der Waals surface area contributed by atoms with Gasteiger partial charge in [0.25, 0.3) is 5.91 Å². The summed E-state index contributed by atoms with van der Waals surface area (Å²) in [5.74, 6) is -0.253. The number of urea groups is 1. The fourth-order valence-electron chi connectivity index (χ4n) is 2.22. The number of rotatable bonds is 3. The largest absolute Gasteiger partial charge is 0.341 e. The fraction of sp³-hybridized carbons (Fsp3) is 0.0625. The summed E-state index contributed by atoms with van der Waals surface area (Å²) in [5, 5.41) is 15.6. The van der Waals surface area contributed by atoms with Crippen LogP contribution < -0.4 is 16.0 Å². The van der Waals surface area contributed by atoms with Gasteiger partial charge in [0.05, 0.1) is 17.3 Å². The highest BCUT2D eigenvalue weighted by molar-refractivity contribution is 6.12. The van der Waals surface area contributed by atoms with Crippen LogP contribution in [0.5, 0.6) is 0 Å². The number of H-pyrrole nitrogens is 1. The molecule has 7 heteroatoms. The molecule has 0 saturated carbocycles. The second-order valence-electron chi connectivity index (χ2n) is 4.88. The fourth-order valence-corrected chi connectivity index (χ4v) is 2.22. The lowest BCUT2D eigenvalue weighted by Crippen LogP contribution is -2.24. The molecule has 0 unspecified atom stereocenters. The Bertz CT molecular complexity index is 872. The van der Waals surface area contributed by atoms with Crippen molar-refractivity contribution in [1.29, 1.82) is 0 Å². The van der Waals surface area contributed by atoms with Crippen LogP contribution in [-0.2, 0) is 0 Å². The molecule has 7 nitrogen and oxygen atoms in total. The van der Waals surface area contributed by atoms with Crippen LogP contribution in [0, 0.1) is 0 Å². The van der Waals surface area contributed by atoms with Crippen molar-refractivity contribution in [2.75, 3.05) is 17.7 Å². The van der Waals surface area contributed by atoms with Crippen LogP contribution in [0.4, 0.5) is 16.2 Å². The topological polar surface area (TPSA) is 98.9 Å². The van der Waals surface area contributed by atoms with Crippen LogP contribution in [0.15, 0.2) is 48.7 Å². The van der Waals surface area contributed by atoms with Crippen molar-refractivity contribution < 1.29 is 9.59 Å². The zero-order chi connectivity index (χ0) is 16.2. The molecule has 0 aliphatic rings. The lowest BCUT2D eigenvalue weighted by molar-refractivity contribution is 0.102. The number of hydrogen-bond acceptors (Lipinski definition) is 3. The number of nitrogens with one attached hydrogen (secondary N) is 4. The average molecular weight is 309 g/mol. The molecule has 0 bridgehead atoms. The van der Waals surface area contributed by atoms with Gasteiger partial charge >= 0.3 is 6.03 Å². The molecule has 23 heavy (non-hydrogen) atoms. The Hall–Kier alpha value is -3.35. The molecular formula is C16H15N5O2. The van der Waals surface area contributed by atoms with E-state index < -0.39 is 0 Å². The van der Waals surface area contributed by atoms with Crippen molar-refractivity contribution in [2.45, 2.75) is 0 Å². The number of benzene rings is 2. The van der Waals surface area contributed by atoms with E-state index in [9.17, 15) is 9.59 Å². The molecule has 0 atom stereocenters. The van der Waals surface area contributed by atoms with E-state index >= 15 is 0 Å². The molecule has 3 amide bonds. The van der Waals surface area contributed by atoms with Gasteiger partial charge in [0.1, 0.15) is 0 Å². The van der Waals surface area contributed by atoms with Crippen molar-refractivity contribution in [3.8, 4) is 0 Å². The normalized spacial score (nSPS) is 10.3. The van der Waals surface area contributed by atoms with Gasteiger partial charge in [0.2, 0.25) is 0 Å². The molecule has 0 fully saturated rings. The van der Waals surface area contributed by atoms with E-state index in [1.807, 2.05) is 6.07 Å². The lowest BCUT2D eigenvalue weighted by atomic mass is 10.1. The minimum Gasteiger partial charge on any atom is -0.341 e. The van der Waals surface area contributed by atoms with E-state index in [2.05, 4.69) is 26.1 Å². The Morgan fingerprint density at radius 1 is 1.04 bits per heavy atom. The van der Waals surface area contributed by atoms with E-state index in [-0.39, 0.29) is 11.9 Å². The number of para-hydroxylation sites is 1. The third-order valence-corrected chi connectivity index (χ3v) is 3.33. The number of anilines is 2. The van der Waals surface area contributed by atoms with Crippen molar-refractivity contribution in [3.63, 3.8) is 0 Å². The van der Waals surface area contributed by atoms with Gasteiger partial charge in [-0.05, 0) is 24.3 Å². The zero-order valence-corrected chi connectivity index (χ0v) is 12.4. The minimum absolute atomic E-state index is 0.253. The first-order chi connectivity index (χ1) is 11.2. The van der Waals surface area contributed by atoms with E-state index in [1.165, 1.54) is 7.05 Å². The zero-order valence-electron chi connectivity index (χ0n) is 12.4. The summed E-state index contributed by atoms with van der Waals surface area (Å²) in [6, 6.07) is 12.0. The first kappa shape index (κ1) is 14.6. The Labute approximate surface area is 132 Å². The summed E-state index contributed by atoms with van der Waals surface area (Å²) in [5.41, 5.74) is 2.36. The first-order valence-corrected chi connectivity index (χ1v) is 6.99. The second-order valence-corrected chi connectivity index (χ2v) is 4.88. The standard InChI is InChI=1S/C16H15N5O2/c1-17-16(23)20-12-6-3-5-11(8-12)19-15(22)13-7-2-4-10-9-18-21-14(10)13/h2-9H,1H3,(H,18,21)(H,19,22)(H2,17,20,23). The smallest absolute Gasteiger partial charge is 0.318 e. The monoisotopic (exact) mass is 309 g/mol. The molecule has 4 N–H and O–H groups in total. The molecule has 116 valence electrons. The van der Waals surface area contributed by atoms with Crippen molar-refractivity contribution >= 4 is 34.2 Å². The van der Waals surface area contributed by atoms with E-state index in [0.717, 1.165) is 5.39 Å². The molecule has 1 heterocycles. The molecule has 0 aliphatic carbocycles. The highest BCUT2D eigenvalue weighted by Gasteiger charge is 2.11. The van der Waals surface area contributed by atoms with Crippen LogP contribution in [0.3, 0.4) is 0 Å². The van der Waals surface area contributed by atoms with E-state index in [1.54, 1.807) is 42.6 Å². The highest BCUT2D eigenvalue weighted by Crippen LogP contribution is 2.19. The molecule has 0 spiro atoms. The van der Waals surface area contributed by atoms with Crippen LogP contribution in [0.1, 0.15) is 10.4 Å². The van der Waals surface area contributed by atoms with E-state index in [0.29, 0.717) is 22.5 Å². The SMILES string of the molecule is CNC(=O)Nc1cccc(NC(=O)c2cccc3cn[nH]c23)c1. The summed E-state index contributed by atoms with van der Waals surface area (Å²) in [6.07, 6.45) is 1.67. The Kier molecular flexibility index (Phi) is 3.92. The molecule has 2 aromatic carbocycles. The number of carbonyl (C=O) groups is 2. The van der Waals surface area contributed by atoms with Crippen molar-refractivity contribution in [1.82, 2.24) is 15.5 Å². The molecule has 1 aromatic heterocycles. The quantitative estimate of drug-likeness (QED) is 0.598. The molecule has 0 radical (unpaired) electrons. The van der Waals surface area contributed by atoms with Crippen molar-refractivity contribution in [2.24, 2.45) is 0 Å². The average Bonchev–Trinajstić information content (AvgIpc) is 3.03. The van der Waals surface area contributed by atoms with Gasteiger partial charge < -0.3 is 16.0 Å². The van der Waals surface area contributed by atoms with Crippen molar-refractivity contribution in [3.05, 3.63) is 54.2 Å². The summed E-state index contributed by atoms with van der Waals surface area (Å²) < 4.78 is 0. The first-order valence-electron chi connectivity index (χ1n) is 6.99. The van der Waals surface area contributed by atoms with Crippen LogP contribution in [0.2, 0.25) is 0 Å². The van der Waals surface area contributed by atoms with Gasteiger partial charge in [0.15, 0.2) is 0 Å². The predicted octanol–water partition coefficient (Wildman–Crippen LogP) is 2.57.